The Morgan fingerprint density at radius 1 is 1.06 bits per heavy atom. The van der Waals surface area contributed by atoms with Crippen LogP contribution in [0, 0.1) is 0 Å². The summed E-state index contributed by atoms with van der Waals surface area (Å²) in [6.45, 7) is 0. The van der Waals surface area contributed by atoms with Crippen molar-refractivity contribution in [2.24, 2.45) is 0 Å². The van der Waals surface area contributed by atoms with Crippen LogP contribution in [0.1, 0.15) is 0 Å². The number of pyridine rings is 1. The Hall–Kier alpha value is -1.16. The van der Waals surface area contributed by atoms with E-state index in [0.29, 0.717) is 20.9 Å². The second-order valence-corrected chi connectivity index (χ2v) is 4.57. The average molecular weight is 289 g/mol. The molecule has 0 atom stereocenters. The first-order valence-corrected chi connectivity index (χ1v) is 5.84. The standard InChI is InChI=1S/C11H8Cl3N3/c12-6-2-1-3-7(4-6)16-11-9(14)5-8(13)10(15)17-11/h1-5H,(H3,15,16,17). The number of nitrogen functional groups attached to an aromatic ring is 1. The number of nitrogens with zero attached hydrogens (tertiary/aromatic N) is 1. The average Bonchev–Trinajstić information content (AvgIpc) is 2.26. The molecule has 0 fully saturated rings. The van der Waals surface area contributed by atoms with E-state index in [2.05, 4.69) is 10.3 Å². The Balaban J connectivity index is 2.33. The highest BCUT2D eigenvalue weighted by Gasteiger charge is 2.07. The lowest BCUT2D eigenvalue weighted by Gasteiger charge is -2.09. The van der Waals surface area contributed by atoms with Gasteiger partial charge in [-0.2, -0.15) is 0 Å². The van der Waals surface area contributed by atoms with Crippen LogP contribution in [0.5, 0.6) is 0 Å². The van der Waals surface area contributed by atoms with Crippen LogP contribution in [0.4, 0.5) is 17.3 Å². The zero-order valence-corrected chi connectivity index (χ0v) is 10.8. The second kappa shape index (κ2) is 5.00. The molecule has 6 heteroatoms. The highest BCUT2D eigenvalue weighted by atomic mass is 35.5. The van der Waals surface area contributed by atoms with E-state index in [1.807, 2.05) is 12.1 Å². The predicted octanol–water partition coefficient (Wildman–Crippen LogP) is 4.37. The van der Waals surface area contributed by atoms with E-state index in [0.717, 1.165) is 5.69 Å². The van der Waals surface area contributed by atoms with E-state index in [-0.39, 0.29) is 5.82 Å². The summed E-state index contributed by atoms with van der Waals surface area (Å²) in [7, 11) is 0. The summed E-state index contributed by atoms with van der Waals surface area (Å²) >= 11 is 17.7. The zero-order chi connectivity index (χ0) is 12.4. The first-order chi connectivity index (χ1) is 8.06. The van der Waals surface area contributed by atoms with Gasteiger partial charge in [0, 0.05) is 10.7 Å². The molecular weight excluding hydrogens is 281 g/mol. The highest BCUT2D eigenvalue weighted by molar-refractivity contribution is 6.37. The normalized spacial score (nSPS) is 10.3. The third kappa shape index (κ3) is 2.94. The summed E-state index contributed by atoms with van der Waals surface area (Å²) in [5.41, 5.74) is 6.38. The van der Waals surface area contributed by atoms with Crippen molar-refractivity contribution in [3.8, 4) is 0 Å². The third-order valence-corrected chi connectivity index (χ3v) is 2.87. The van der Waals surface area contributed by atoms with Gasteiger partial charge in [0.2, 0.25) is 0 Å². The van der Waals surface area contributed by atoms with Crippen molar-refractivity contribution in [3.63, 3.8) is 0 Å². The number of nitrogens with two attached hydrogens (primary N) is 1. The molecular formula is C11H8Cl3N3. The van der Waals surface area contributed by atoms with Gasteiger partial charge in [0.25, 0.3) is 0 Å². The van der Waals surface area contributed by atoms with Crippen molar-refractivity contribution < 1.29 is 0 Å². The minimum atomic E-state index is 0.223. The van der Waals surface area contributed by atoms with E-state index in [4.69, 9.17) is 40.5 Å². The summed E-state index contributed by atoms with van der Waals surface area (Å²) in [5, 5.41) is 4.35. The van der Waals surface area contributed by atoms with Gasteiger partial charge in [0.05, 0.1) is 10.0 Å². The molecule has 0 bridgehead atoms. The Morgan fingerprint density at radius 2 is 1.82 bits per heavy atom. The highest BCUT2D eigenvalue weighted by Crippen LogP contribution is 2.29. The topological polar surface area (TPSA) is 50.9 Å². The van der Waals surface area contributed by atoms with Crippen molar-refractivity contribution in [1.29, 1.82) is 0 Å². The molecule has 0 saturated carbocycles. The van der Waals surface area contributed by atoms with E-state index >= 15 is 0 Å². The molecule has 1 heterocycles. The summed E-state index contributed by atoms with van der Waals surface area (Å²) in [4.78, 5) is 4.06. The van der Waals surface area contributed by atoms with Crippen LogP contribution in [0.15, 0.2) is 30.3 Å². The quantitative estimate of drug-likeness (QED) is 0.863. The van der Waals surface area contributed by atoms with Crippen LogP contribution in [0.2, 0.25) is 15.1 Å². The molecule has 1 aromatic heterocycles. The van der Waals surface area contributed by atoms with Gasteiger partial charge in [0.15, 0.2) is 5.82 Å². The number of halogens is 3. The lowest BCUT2D eigenvalue weighted by Crippen LogP contribution is -1.99. The van der Waals surface area contributed by atoms with Crippen LogP contribution in [0.3, 0.4) is 0 Å². The largest absolute Gasteiger partial charge is 0.382 e. The van der Waals surface area contributed by atoms with Crippen molar-refractivity contribution in [1.82, 2.24) is 4.98 Å². The number of benzene rings is 1. The fraction of sp³-hybridized carbons (Fsp3) is 0. The van der Waals surface area contributed by atoms with E-state index in [1.54, 1.807) is 18.2 Å². The molecule has 0 aliphatic carbocycles. The second-order valence-electron chi connectivity index (χ2n) is 3.32. The lowest BCUT2D eigenvalue weighted by molar-refractivity contribution is 1.31. The van der Waals surface area contributed by atoms with E-state index < -0.39 is 0 Å². The van der Waals surface area contributed by atoms with Crippen LogP contribution in [0.25, 0.3) is 0 Å². The van der Waals surface area contributed by atoms with Crippen molar-refractivity contribution in [2.75, 3.05) is 11.1 Å². The summed E-state index contributed by atoms with van der Waals surface area (Å²) in [5.74, 6) is 0.663. The molecule has 0 aliphatic rings. The molecule has 0 aliphatic heterocycles. The minimum absolute atomic E-state index is 0.223. The van der Waals surface area contributed by atoms with Gasteiger partial charge >= 0.3 is 0 Å². The van der Waals surface area contributed by atoms with Gasteiger partial charge < -0.3 is 11.1 Å². The number of hydrogen-bond acceptors (Lipinski definition) is 3. The molecule has 2 rings (SSSR count). The molecule has 3 N–H and O–H groups in total. The van der Waals surface area contributed by atoms with Crippen LogP contribution in [-0.4, -0.2) is 4.98 Å². The molecule has 88 valence electrons. The Kier molecular flexibility index (Phi) is 3.62. The third-order valence-electron chi connectivity index (χ3n) is 2.04. The lowest BCUT2D eigenvalue weighted by atomic mass is 10.3. The monoisotopic (exact) mass is 287 g/mol. The summed E-state index contributed by atoms with van der Waals surface area (Å²) in [6.07, 6.45) is 0. The summed E-state index contributed by atoms with van der Waals surface area (Å²) < 4.78 is 0. The number of anilines is 3. The van der Waals surface area contributed by atoms with Crippen LogP contribution < -0.4 is 11.1 Å². The molecule has 2 aromatic rings. The van der Waals surface area contributed by atoms with E-state index in [9.17, 15) is 0 Å². The summed E-state index contributed by atoms with van der Waals surface area (Å²) in [6, 6.07) is 8.73. The van der Waals surface area contributed by atoms with Crippen molar-refractivity contribution >= 4 is 52.1 Å². The Bertz CT molecular complexity index is 558. The van der Waals surface area contributed by atoms with Gasteiger partial charge in [-0.05, 0) is 24.3 Å². The molecule has 17 heavy (non-hydrogen) atoms. The first kappa shape index (κ1) is 12.3. The van der Waals surface area contributed by atoms with Gasteiger partial charge in [-0.15, -0.1) is 0 Å². The molecule has 0 saturated heterocycles. The number of nitrogens with one attached hydrogen (secondary N) is 1. The van der Waals surface area contributed by atoms with Gasteiger partial charge in [-0.3, -0.25) is 0 Å². The Labute approximate surface area is 114 Å². The number of rotatable bonds is 2. The molecule has 0 radical (unpaired) electrons. The molecule has 0 spiro atoms. The number of hydrogen-bond donors (Lipinski definition) is 2. The fourth-order valence-corrected chi connectivity index (χ4v) is 1.87. The SMILES string of the molecule is Nc1nc(Nc2cccc(Cl)c2)c(Cl)cc1Cl. The molecule has 3 nitrogen and oxygen atoms in total. The minimum Gasteiger partial charge on any atom is -0.382 e. The van der Waals surface area contributed by atoms with E-state index in [1.165, 1.54) is 0 Å². The zero-order valence-electron chi connectivity index (χ0n) is 8.55. The van der Waals surface area contributed by atoms with Crippen LogP contribution in [-0.2, 0) is 0 Å². The predicted molar refractivity (Wildman–Crippen MR) is 73.4 cm³/mol. The molecule has 0 unspecified atom stereocenters. The molecule has 1 aromatic carbocycles. The number of aromatic nitrogens is 1. The van der Waals surface area contributed by atoms with Gasteiger partial charge in [-0.25, -0.2) is 4.98 Å². The van der Waals surface area contributed by atoms with Crippen molar-refractivity contribution in [3.05, 3.63) is 45.4 Å². The maximum atomic E-state index is 5.99. The van der Waals surface area contributed by atoms with Crippen LogP contribution >= 0.6 is 34.8 Å². The maximum Gasteiger partial charge on any atom is 0.151 e. The van der Waals surface area contributed by atoms with Crippen molar-refractivity contribution in [2.45, 2.75) is 0 Å². The van der Waals surface area contributed by atoms with Gasteiger partial charge in [-0.1, -0.05) is 40.9 Å². The fourth-order valence-electron chi connectivity index (χ4n) is 1.27. The first-order valence-electron chi connectivity index (χ1n) is 4.70. The maximum absolute atomic E-state index is 5.99. The Morgan fingerprint density at radius 3 is 2.53 bits per heavy atom. The smallest absolute Gasteiger partial charge is 0.151 e. The van der Waals surface area contributed by atoms with Gasteiger partial charge in [0.1, 0.15) is 5.82 Å². The molecule has 0 amide bonds.